The normalized spacial score (nSPS) is 8.76. The van der Waals surface area contributed by atoms with Crippen LogP contribution in [0.4, 0.5) is 0 Å². The van der Waals surface area contributed by atoms with E-state index < -0.39 is 11.2 Å². The number of hydrogen-bond donors (Lipinski definition) is 4. The zero-order valence-corrected chi connectivity index (χ0v) is 15.4. The zero-order valence-electron chi connectivity index (χ0n) is 13.8. The van der Waals surface area contributed by atoms with Crippen LogP contribution in [0.1, 0.15) is 27.7 Å². The first-order valence-electron chi connectivity index (χ1n) is 6.11. The van der Waals surface area contributed by atoms with Gasteiger partial charge in [0, 0.05) is 21.7 Å². The molecule has 0 saturated carbocycles. The third-order valence-electron chi connectivity index (χ3n) is 1.26. The smallest absolute Gasteiger partial charge is 0.0769 e. The molecule has 0 aliphatic carbocycles. The fourth-order valence-electron chi connectivity index (χ4n) is 0. The monoisotopic (exact) mass is 336 g/mol. The number of aliphatic hydroxyl groups is 4. The summed E-state index contributed by atoms with van der Waals surface area (Å²) < 4.78 is 0. The Morgan fingerprint density at radius 1 is 0.714 bits per heavy atom. The van der Waals surface area contributed by atoms with Crippen LogP contribution >= 0.6 is 0 Å². The van der Waals surface area contributed by atoms with Crippen molar-refractivity contribution in [3.63, 3.8) is 0 Å². The first-order valence-corrected chi connectivity index (χ1v) is 6.11. The Labute approximate surface area is 145 Å². The van der Waals surface area contributed by atoms with Crippen LogP contribution in [0.2, 0.25) is 0 Å². The van der Waals surface area contributed by atoms with E-state index in [2.05, 4.69) is 26.3 Å². The van der Waals surface area contributed by atoms with Crippen LogP contribution in [-0.2, 0) is 21.7 Å². The van der Waals surface area contributed by atoms with Crippen molar-refractivity contribution in [2.45, 2.75) is 38.9 Å². The van der Waals surface area contributed by atoms with E-state index in [0.717, 1.165) is 0 Å². The molecule has 0 aromatic carbocycles. The molecule has 0 rings (SSSR count). The van der Waals surface area contributed by atoms with Gasteiger partial charge in [-0.3, -0.25) is 0 Å². The maximum Gasteiger partial charge on any atom is 0.0769 e. The molecule has 0 heterocycles. The summed E-state index contributed by atoms with van der Waals surface area (Å²) >= 11 is 0. The molecule has 0 radical (unpaired) electrons. The molecule has 0 aliphatic heterocycles. The summed E-state index contributed by atoms with van der Waals surface area (Å²) in [6, 6.07) is 0. The van der Waals surface area contributed by atoms with Crippen LogP contribution in [0.3, 0.4) is 0 Å². The largest absolute Gasteiger partial charge is 0.392 e. The molecular formula is C16H32O4Ti. The fraction of sp³-hybridized carbons (Fsp3) is 0.500. The summed E-state index contributed by atoms with van der Waals surface area (Å²) in [6.07, 6.45) is 5.85. The maximum absolute atomic E-state index is 8.71. The standard InChI is InChI=1S/2C5H10O.2C3H6O.Ti/c2*1-4-5(2,3)6;2*1-2-3-4;/h2*4,6H,1H2,2-3H3;2*2,4H,1,3H2;. The molecule has 0 saturated heterocycles. The van der Waals surface area contributed by atoms with Crippen LogP contribution in [0.25, 0.3) is 0 Å². The zero-order chi connectivity index (χ0) is 17.2. The molecule has 0 bridgehead atoms. The average Bonchev–Trinajstić information content (AvgIpc) is 2.38. The molecule has 4 nitrogen and oxygen atoms in total. The fourth-order valence-corrected chi connectivity index (χ4v) is 0. The van der Waals surface area contributed by atoms with Gasteiger partial charge in [0.2, 0.25) is 0 Å². The number of rotatable bonds is 4. The van der Waals surface area contributed by atoms with Crippen LogP contribution in [0.5, 0.6) is 0 Å². The number of aliphatic hydroxyl groups excluding tert-OH is 2. The van der Waals surface area contributed by atoms with Crippen LogP contribution in [-0.4, -0.2) is 44.8 Å². The van der Waals surface area contributed by atoms with Gasteiger partial charge in [0.05, 0.1) is 24.4 Å². The van der Waals surface area contributed by atoms with Gasteiger partial charge >= 0.3 is 0 Å². The van der Waals surface area contributed by atoms with E-state index in [9.17, 15) is 0 Å². The van der Waals surface area contributed by atoms with Crippen molar-refractivity contribution in [1.29, 1.82) is 0 Å². The summed E-state index contributed by atoms with van der Waals surface area (Å²) in [6.45, 7) is 20.1. The van der Waals surface area contributed by atoms with E-state index in [1.54, 1.807) is 27.7 Å². The first-order chi connectivity index (χ1) is 8.95. The quantitative estimate of drug-likeness (QED) is 0.469. The van der Waals surface area contributed by atoms with Gasteiger partial charge in [0.25, 0.3) is 0 Å². The Bertz CT molecular complexity index is 212. The molecule has 4 N–H and O–H groups in total. The Balaban J connectivity index is -0.0000000544. The van der Waals surface area contributed by atoms with E-state index in [-0.39, 0.29) is 34.9 Å². The maximum atomic E-state index is 8.71. The van der Waals surface area contributed by atoms with Crippen LogP contribution < -0.4 is 0 Å². The Morgan fingerprint density at radius 2 is 0.810 bits per heavy atom. The predicted molar refractivity (Wildman–Crippen MR) is 87.6 cm³/mol. The van der Waals surface area contributed by atoms with E-state index in [1.807, 2.05) is 0 Å². The van der Waals surface area contributed by atoms with E-state index in [4.69, 9.17) is 20.4 Å². The van der Waals surface area contributed by atoms with Gasteiger partial charge in [-0.15, -0.1) is 26.3 Å². The first kappa shape index (κ1) is 32.5. The molecule has 0 aliphatic rings. The second kappa shape index (κ2) is 21.8. The minimum atomic E-state index is -0.694. The second-order valence-electron chi connectivity index (χ2n) is 4.66. The molecule has 5 heteroatoms. The predicted octanol–water partition coefficient (Wildman–Crippen LogP) is 2.21. The second-order valence-corrected chi connectivity index (χ2v) is 4.66. The topological polar surface area (TPSA) is 80.9 Å². The minimum absolute atomic E-state index is 0. The summed E-state index contributed by atoms with van der Waals surface area (Å²) in [7, 11) is 0. The summed E-state index contributed by atoms with van der Waals surface area (Å²) in [5.41, 5.74) is -1.39. The molecule has 0 amide bonds. The third-order valence-corrected chi connectivity index (χ3v) is 1.26. The van der Waals surface area contributed by atoms with Crippen molar-refractivity contribution >= 4 is 0 Å². The van der Waals surface area contributed by atoms with Crippen molar-refractivity contribution in [3.8, 4) is 0 Å². The van der Waals surface area contributed by atoms with Crippen LogP contribution in [0.15, 0.2) is 50.6 Å². The minimum Gasteiger partial charge on any atom is -0.392 e. The third kappa shape index (κ3) is 106. The molecular weight excluding hydrogens is 304 g/mol. The van der Waals surface area contributed by atoms with Gasteiger partial charge in [-0.1, -0.05) is 24.3 Å². The van der Waals surface area contributed by atoms with Gasteiger partial charge in [-0.05, 0) is 27.7 Å². The SMILES string of the molecule is C=CC(C)(C)O.C=CC(C)(C)O.C=CCO.C=CCO.[Ti]. The Kier molecular flexibility index (Phi) is 33.7. The summed E-state index contributed by atoms with van der Waals surface area (Å²) in [4.78, 5) is 0. The molecule has 0 aromatic rings. The van der Waals surface area contributed by atoms with Crippen molar-refractivity contribution in [2.24, 2.45) is 0 Å². The molecule has 0 atom stereocenters. The number of hydrogen-bond acceptors (Lipinski definition) is 4. The average molecular weight is 336 g/mol. The van der Waals surface area contributed by atoms with Crippen molar-refractivity contribution in [3.05, 3.63) is 50.6 Å². The van der Waals surface area contributed by atoms with Gasteiger partial charge in [0.15, 0.2) is 0 Å². The van der Waals surface area contributed by atoms with E-state index in [1.165, 1.54) is 24.3 Å². The van der Waals surface area contributed by atoms with Crippen molar-refractivity contribution < 1.29 is 42.1 Å². The van der Waals surface area contributed by atoms with E-state index >= 15 is 0 Å². The molecule has 0 aromatic heterocycles. The molecule has 21 heavy (non-hydrogen) atoms. The molecule has 124 valence electrons. The van der Waals surface area contributed by atoms with Crippen LogP contribution in [0, 0.1) is 0 Å². The molecule has 0 unspecified atom stereocenters. The molecule has 0 fully saturated rings. The Hall–Kier alpha value is -0.486. The Morgan fingerprint density at radius 3 is 0.810 bits per heavy atom. The van der Waals surface area contributed by atoms with Gasteiger partial charge < -0.3 is 20.4 Å². The van der Waals surface area contributed by atoms with Gasteiger partial charge in [-0.2, -0.15) is 0 Å². The van der Waals surface area contributed by atoms with Crippen molar-refractivity contribution in [2.75, 3.05) is 13.2 Å². The van der Waals surface area contributed by atoms with Crippen molar-refractivity contribution in [1.82, 2.24) is 0 Å². The van der Waals surface area contributed by atoms with Gasteiger partial charge in [0.1, 0.15) is 0 Å². The molecule has 0 spiro atoms. The summed E-state index contributed by atoms with van der Waals surface area (Å²) in [5, 5.41) is 32.9. The van der Waals surface area contributed by atoms with Gasteiger partial charge in [-0.25, -0.2) is 0 Å². The van der Waals surface area contributed by atoms with E-state index in [0.29, 0.717) is 0 Å². The summed E-state index contributed by atoms with van der Waals surface area (Å²) in [5.74, 6) is 0.